The average molecular weight is 746 g/mol. The Bertz CT molecular complexity index is 1750. The van der Waals surface area contributed by atoms with Crippen molar-refractivity contribution in [3.8, 4) is 0 Å². The lowest BCUT2D eigenvalue weighted by Gasteiger charge is -2.37. The van der Waals surface area contributed by atoms with Crippen LogP contribution in [0.3, 0.4) is 0 Å². The molecule has 1 aliphatic heterocycles. The summed E-state index contributed by atoms with van der Waals surface area (Å²) in [6.45, 7) is 22.0. The number of nitro benzene ring substituents is 1. The Balaban J connectivity index is 1.28. The molecular formula is C40H48ClN5O3S2. The van der Waals surface area contributed by atoms with Gasteiger partial charge in [0.15, 0.2) is 0 Å². The normalized spacial score (nSPS) is 14.3. The fourth-order valence-corrected chi connectivity index (χ4v) is 7.15. The van der Waals surface area contributed by atoms with Gasteiger partial charge in [0.2, 0.25) is 0 Å². The maximum atomic E-state index is 13.0. The van der Waals surface area contributed by atoms with Gasteiger partial charge >= 0.3 is 0 Å². The van der Waals surface area contributed by atoms with Gasteiger partial charge in [-0.1, -0.05) is 75.4 Å². The second kappa shape index (κ2) is 19.0. The van der Waals surface area contributed by atoms with E-state index in [0.29, 0.717) is 27.7 Å². The summed E-state index contributed by atoms with van der Waals surface area (Å²) in [4.78, 5) is 30.9. The maximum absolute atomic E-state index is 13.0. The lowest BCUT2D eigenvalue weighted by atomic mass is 9.84. The zero-order chi connectivity index (χ0) is 37.0. The van der Waals surface area contributed by atoms with Crippen LogP contribution in [0.5, 0.6) is 0 Å². The van der Waals surface area contributed by atoms with Crippen molar-refractivity contribution >= 4 is 58.3 Å². The molecular weight excluding hydrogens is 698 g/mol. The second-order valence-corrected chi connectivity index (χ2v) is 16.2. The Kier molecular flexibility index (Phi) is 14.9. The number of hydrogen-bond donors (Lipinski definition) is 2. The average Bonchev–Trinajstić information content (AvgIpc) is 3.11. The highest BCUT2D eigenvalue weighted by Crippen LogP contribution is 2.31. The number of amides is 1. The Morgan fingerprint density at radius 2 is 1.67 bits per heavy atom. The second-order valence-electron chi connectivity index (χ2n) is 13.6. The highest BCUT2D eigenvalue weighted by atomic mass is 35.5. The van der Waals surface area contributed by atoms with Crippen LogP contribution in [0, 0.1) is 15.5 Å². The molecule has 11 heteroatoms. The number of carbonyl (C=O) groups is 1. The summed E-state index contributed by atoms with van der Waals surface area (Å²) in [5, 5.41) is 15.5. The Morgan fingerprint density at radius 3 is 2.29 bits per heavy atom. The van der Waals surface area contributed by atoms with Crippen LogP contribution in [-0.2, 0) is 0 Å². The molecule has 51 heavy (non-hydrogen) atoms. The highest BCUT2D eigenvalue weighted by molar-refractivity contribution is 7.99. The molecule has 2 N–H and O–H groups in total. The van der Waals surface area contributed by atoms with Gasteiger partial charge < -0.3 is 10.2 Å². The first-order valence-corrected chi connectivity index (χ1v) is 19.1. The van der Waals surface area contributed by atoms with E-state index in [1.54, 1.807) is 30.0 Å². The standard InChI is InChI=1S/C40H48ClN5O3S2/c1-29(12-13-30(2)41)31(3)33(27-40(4,5)6)28-44-21-23-45(24-22-44)34-16-14-32(15-17-34)39(47)43-51-36-18-19-37(38(26-36)46(48)49)42-20-25-50-35-10-8-7-9-11-35/h7-19,26,42H,1-2,20-25,27-28H2,3-6H3,(H,43,47)/b13-12-,33-31-. The minimum absolute atomic E-state index is 0.0310. The zero-order valence-corrected chi connectivity index (χ0v) is 32.3. The topological polar surface area (TPSA) is 90.8 Å². The van der Waals surface area contributed by atoms with Crippen molar-refractivity contribution in [1.29, 1.82) is 0 Å². The van der Waals surface area contributed by atoms with Gasteiger partial charge in [0.1, 0.15) is 5.69 Å². The predicted molar refractivity (Wildman–Crippen MR) is 217 cm³/mol. The minimum atomic E-state index is -0.406. The molecule has 1 saturated heterocycles. The molecule has 270 valence electrons. The first kappa shape index (κ1) is 39.8. The lowest BCUT2D eigenvalue weighted by molar-refractivity contribution is -0.384. The van der Waals surface area contributed by atoms with Crippen LogP contribution in [0.25, 0.3) is 0 Å². The van der Waals surface area contributed by atoms with Crippen LogP contribution in [-0.4, -0.2) is 60.8 Å². The maximum Gasteiger partial charge on any atom is 0.293 e. The monoisotopic (exact) mass is 745 g/mol. The molecule has 0 aromatic heterocycles. The summed E-state index contributed by atoms with van der Waals surface area (Å²) in [7, 11) is 0. The van der Waals surface area contributed by atoms with Crippen LogP contribution < -0.4 is 14.9 Å². The molecule has 0 aliphatic carbocycles. The van der Waals surface area contributed by atoms with Crippen molar-refractivity contribution in [2.75, 3.05) is 55.2 Å². The van der Waals surface area contributed by atoms with Gasteiger partial charge in [0, 0.05) is 77.2 Å². The first-order valence-electron chi connectivity index (χ1n) is 16.9. The van der Waals surface area contributed by atoms with Gasteiger partial charge in [-0.2, -0.15) is 0 Å². The molecule has 1 fully saturated rings. The van der Waals surface area contributed by atoms with E-state index in [4.69, 9.17) is 11.6 Å². The van der Waals surface area contributed by atoms with Gasteiger partial charge in [0.05, 0.1) is 4.92 Å². The van der Waals surface area contributed by atoms with Gasteiger partial charge in [-0.15, -0.1) is 11.8 Å². The molecule has 1 amide bonds. The summed E-state index contributed by atoms with van der Waals surface area (Å²) in [6.07, 6.45) is 4.70. The Hall–Kier alpha value is -3.96. The van der Waals surface area contributed by atoms with Gasteiger partial charge in [-0.3, -0.25) is 24.5 Å². The summed E-state index contributed by atoms with van der Waals surface area (Å²) in [5.41, 5.74) is 5.69. The van der Waals surface area contributed by atoms with Crippen molar-refractivity contribution in [3.05, 3.63) is 136 Å². The lowest BCUT2D eigenvalue weighted by Crippen LogP contribution is -2.47. The third-order valence-electron chi connectivity index (χ3n) is 8.36. The summed E-state index contributed by atoms with van der Waals surface area (Å²) in [5.74, 6) is 0.501. The van der Waals surface area contributed by atoms with Crippen LogP contribution in [0.4, 0.5) is 17.1 Å². The Morgan fingerprint density at radius 1 is 0.980 bits per heavy atom. The molecule has 0 atom stereocenters. The summed E-state index contributed by atoms with van der Waals surface area (Å²) < 4.78 is 2.83. The molecule has 0 bridgehead atoms. The van der Waals surface area contributed by atoms with E-state index in [0.717, 1.165) is 73.0 Å². The minimum Gasteiger partial charge on any atom is -0.379 e. The van der Waals surface area contributed by atoms with Crippen molar-refractivity contribution in [1.82, 2.24) is 9.62 Å². The van der Waals surface area contributed by atoms with Gasteiger partial charge in [-0.05, 0) is 96.5 Å². The number of rotatable bonds is 16. The van der Waals surface area contributed by atoms with Gasteiger partial charge in [-0.25, -0.2) is 0 Å². The molecule has 3 aromatic carbocycles. The number of anilines is 2. The number of thioether (sulfide) groups is 1. The highest BCUT2D eigenvalue weighted by Gasteiger charge is 2.22. The molecule has 0 saturated carbocycles. The van der Waals surface area contributed by atoms with E-state index in [-0.39, 0.29) is 17.0 Å². The molecule has 0 spiro atoms. The third kappa shape index (κ3) is 12.9. The predicted octanol–water partition coefficient (Wildman–Crippen LogP) is 9.98. The van der Waals surface area contributed by atoms with Crippen LogP contribution >= 0.6 is 35.3 Å². The molecule has 1 heterocycles. The number of allylic oxidation sites excluding steroid dienone is 5. The number of nitrogens with one attached hydrogen (secondary N) is 2. The van der Waals surface area contributed by atoms with E-state index in [2.05, 4.69) is 60.7 Å². The fourth-order valence-electron chi connectivity index (χ4n) is 5.66. The number of nitro groups is 1. The fraction of sp³-hybridized carbons (Fsp3) is 0.325. The molecule has 8 nitrogen and oxygen atoms in total. The first-order chi connectivity index (χ1) is 24.3. The van der Waals surface area contributed by atoms with E-state index < -0.39 is 4.92 Å². The van der Waals surface area contributed by atoms with Crippen molar-refractivity contribution in [2.24, 2.45) is 5.41 Å². The Labute approximate surface area is 316 Å². The van der Waals surface area contributed by atoms with Crippen molar-refractivity contribution < 1.29 is 9.72 Å². The van der Waals surface area contributed by atoms with Crippen LogP contribution in [0.15, 0.2) is 130 Å². The smallest absolute Gasteiger partial charge is 0.293 e. The van der Waals surface area contributed by atoms with Gasteiger partial charge in [0.25, 0.3) is 11.6 Å². The molecule has 4 rings (SSSR count). The molecule has 1 aliphatic rings. The number of carbonyl (C=O) groups excluding carboxylic acids is 1. The zero-order valence-electron chi connectivity index (χ0n) is 29.9. The third-order valence-corrected chi connectivity index (χ3v) is 10.3. The van der Waals surface area contributed by atoms with Crippen LogP contribution in [0.2, 0.25) is 0 Å². The van der Waals surface area contributed by atoms with Crippen LogP contribution in [0.1, 0.15) is 44.5 Å². The number of piperazine rings is 1. The quantitative estimate of drug-likeness (QED) is 0.0374. The van der Waals surface area contributed by atoms with E-state index in [1.807, 2.05) is 60.7 Å². The molecule has 0 radical (unpaired) electrons. The van der Waals surface area contributed by atoms with E-state index >= 15 is 0 Å². The SMILES string of the molecule is C=C(Cl)/C=C\C(=C)/C(C)=C(\CN1CCN(c2ccc(C(=O)NSc3ccc(NCCSc4ccccc4)c([N+](=O)[O-])c3)cc2)CC1)CC(C)(C)C. The number of hydrogen-bond acceptors (Lipinski definition) is 8. The van der Waals surface area contributed by atoms with Crippen molar-refractivity contribution in [3.63, 3.8) is 0 Å². The number of halogens is 1. The number of nitrogens with zero attached hydrogens (tertiary/aromatic N) is 3. The molecule has 3 aromatic rings. The number of benzene rings is 3. The molecule has 0 unspecified atom stereocenters. The summed E-state index contributed by atoms with van der Waals surface area (Å²) >= 11 is 8.69. The van der Waals surface area contributed by atoms with E-state index in [1.165, 1.54) is 17.2 Å². The summed E-state index contributed by atoms with van der Waals surface area (Å²) in [6, 6.07) is 22.6. The van der Waals surface area contributed by atoms with E-state index in [9.17, 15) is 14.9 Å². The van der Waals surface area contributed by atoms with Crippen molar-refractivity contribution in [2.45, 2.75) is 43.9 Å². The largest absolute Gasteiger partial charge is 0.379 e.